The molecule has 0 saturated heterocycles. The third-order valence-electron chi connectivity index (χ3n) is 2.65. The van der Waals surface area contributed by atoms with Crippen LogP contribution in [0, 0.1) is 0 Å². The number of halogens is 3. The molecule has 0 amide bonds. The lowest BCUT2D eigenvalue weighted by molar-refractivity contribution is 0.459. The average molecular weight is 420 g/mol. The van der Waals surface area contributed by atoms with E-state index in [1.807, 2.05) is 6.92 Å². The smallest absolute Gasteiger partial charge is 0.207 e. The van der Waals surface area contributed by atoms with Gasteiger partial charge < -0.3 is 0 Å². The molecule has 0 unspecified atom stereocenters. The number of hydrogen-bond donors (Lipinski definition) is 1. The van der Waals surface area contributed by atoms with Crippen LogP contribution in [0.1, 0.15) is 13.3 Å². The Morgan fingerprint density at radius 1 is 1.33 bits per heavy atom. The van der Waals surface area contributed by atoms with E-state index >= 15 is 0 Å². The molecule has 1 aromatic carbocycles. The molecule has 1 rings (SSSR count). The fourth-order valence-electron chi connectivity index (χ4n) is 1.33. The molecular formula is C11H14Br2ClNO2S. The summed E-state index contributed by atoms with van der Waals surface area (Å²) in [4.78, 5) is 0.176. The highest BCUT2D eigenvalue weighted by atomic mass is 79.9. The third-order valence-corrected chi connectivity index (χ3v) is 6.60. The number of rotatable bonds is 6. The van der Waals surface area contributed by atoms with Crippen molar-refractivity contribution < 1.29 is 8.42 Å². The van der Waals surface area contributed by atoms with Crippen LogP contribution in [0.25, 0.3) is 0 Å². The van der Waals surface area contributed by atoms with E-state index in [2.05, 4.69) is 36.6 Å². The van der Waals surface area contributed by atoms with Gasteiger partial charge in [-0.1, -0.05) is 56.5 Å². The van der Waals surface area contributed by atoms with Crippen molar-refractivity contribution in [2.75, 3.05) is 10.7 Å². The van der Waals surface area contributed by atoms with E-state index in [1.54, 1.807) is 12.1 Å². The Kier molecular flexibility index (Phi) is 6.12. The van der Waals surface area contributed by atoms with Gasteiger partial charge in [0.25, 0.3) is 0 Å². The minimum absolute atomic E-state index is 0.176. The van der Waals surface area contributed by atoms with Crippen LogP contribution in [0.15, 0.2) is 29.2 Å². The standard InChI is InChI=1S/C11H14Br2ClNO2S/c1-2-11(7-12,8-13)15-18(16,17)10-5-3-4-9(14)6-10/h3-6,15H,2,7-8H2,1H3. The van der Waals surface area contributed by atoms with E-state index in [4.69, 9.17) is 11.6 Å². The van der Waals surface area contributed by atoms with E-state index in [0.29, 0.717) is 22.1 Å². The monoisotopic (exact) mass is 417 g/mol. The molecule has 0 fully saturated rings. The summed E-state index contributed by atoms with van der Waals surface area (Å²) < 4.78 is 27.2. The zero-order chi connectivity index (χ0) is 13.8. The molecule has 102 valence electrons. The molecule has 1 aromatic rings. The number of hydrogen-bond acceptors (Lipinski definition) is 2. The average Bonchev–Trinajstić information content (AvgIpc) is 2.36. The van der Waals surface area contributed by atoms with Crippen LogP contribution in [0.5, 0.6) is 0 Å². The second kappa shape index (κ2) is 6.70. The van der Waals surface area contributed by atoms with Crippen molar-refractivity contribution in [3.8, 4) is 0 Å². The molecule has 0 aliphatic rings. The summed E-state index contributed by atoms with van der Waals surface area (Å²) >= 11 is 12.5. The van der Waals surface area contributed by atoms with Gasteiger partial charge in [-0.05, 0) is 24.6 Å². The van der Waals surface area contributed by atoms with Gasteiger partial charge in [0, 0.05) is 15.7 Å². The number of alkyl halides is 2. The summed E-state index contributed by atoms with van der Waals surface area (Å²) in [7, 11) is -3.57. The van der Waals surface area contributed by atoms with Crippen molar-refractivity contribution in [1.82, 2.24) is 4.72 Å². The van der Waals surface area contributed by atoms with Gasteiger partial charge in [-0.2, -0.15) is 0 Å². The second-order valence-electron chi connectivity index (χ2n) is 3.96. The van der Waals surface area contributed by atoms with Crippen molar-refractivity contribution in [2.24, 2.45) is 0 Å². The van der Waals surface area contributed by atoms with Gasteiger partial charge in [-0.3, -0.25) is 0 Å². The predicted molar refractivity (Wildman–Crippen MR) is 82.4 cm³/mol. The van der Waals surface area contributed by atoms with E-state index in [0.717, 1.165) is 0 Å². The van der Waals surface area contributed by atoms with Crippen LogP contribution in [-0.4, -0.2) is 24.6 Å². The molecule has 0 saturated carbocycles. The zero-order valence-electron chi connectivity index (χ0n) is 9.79. The molecule has 0 radical (unpaired) electrons. The number of benzene rings is 1. The van der Waals surface area contributed by atoms with E-state index in [1.165, 1.54) is 12.1 Å². The Morgan fingerprint density at radius 3 is 2.39 bits per heavy atom. The molecule has 0 aromatic heterocycles. The quantitative estimate of drug-likeness (QED) is 0.717. The molecule has 0 heterocycles. The molecule has 3 nitrogen and oxygen atoms in total. The largest absolute Gasteiger partial charge is 0.241 e. The Bertz CT molecular complexity index is 495. The maximum Gasteiger partial charge on any atom is 0.241 e. The van der Waals surface area contributed by atoms with Crippen molar-refractivity contribution in [1.29, 1.82) is 0 Å². The molecule has 1 N–H and O–H groups in total. The van der Waals surface area contributed by atoms with Crippen molar-refractivity contribution in [3.63, 3.8) is 0 Å². The first-order valence-electron chi connectivity index (χ1n) is 5.30. The maximum absolute atomic E-state index is 12.3. The van der Waals surface area contributed by atoms with Gasteiger partial charge >= 0.3 is 0 Å². The fraction of sp³-hybridized carbons (Fsp3) is 0.455. The first kappa shape index (κ1) is 16.4. The van der Waals surface area contributed by atoms with Gasteiger partial charge in [0.2, 0.25) is 10.0 Å². The molecule has 0 aliphatic heterocycles. The van der Waals surface area contributed by atoms with Gasteiger partial charge in [-0.25, -0.2) is 13.1 Å². The lowest BCUT2D eigenvalue weighted by atomic mass is 10.0. The van der Waals surface area contributed by atoms with Gasteiger partial charge in [0.15, 0.2) is 0 Å². The van der Waals surface area contributed by atoms with Gasteiger partial charge in [0.05, 0.1) is 10.4 Å². The van der Waals surface area contributed by atoms with E-state index in [-0.39, 0.29) is 4.90 Å². The first-order chi connectivity index (χ1) is 8.39. The van der Waals surface area contributed by atoms with E-state index in [9.17, 15) is 8.42 Å². The van der Waals surface area contributed by atoms with Crippen LogP contribution in [0.4, 0.5) is 0 Å². The summed E-state index contributed by atoms with van der Waals surface area (Å²) in [5.41, 5.74) is -0.541. The van der Waals surface area contributed by atoms with Crippen LogP contribution in [-0.2, 0) is 10.0 Å². The third kappa shape index (κ3) is 3.93. The summed E-state index contributed by atoms with van der Waals surface area (Å²) in [6, 6.07) is 6.22. The Balaban J connectivity index is 3.08. The Hall–Kier alpha value is 0.380. The molecule has 0 atom stereocenters. The highest BCUT2D eigenvalue weighted by Gasteiger charge is 2.31. The summed E-state index contributed by atoms with van der Waals surface area (Å²) in [5.74, 6) is 0. The summed E-state index contributed by atoms with van der Waals surface area (Å²) in [6.45, 7) is 1.93. The zero-order valence-corrected chi connectivity index (χ0v) is 14.5. The minimum Gasteiger partial charge on any atom is -0.207 e. The van der Waals surface area contributed by atoms with Gasteiger partial charge in [-0.15, -0.1) is 0 Å². The molecule has 7 heteroatoms. The fourth-order valence-corrected chi connectivity index (χ4v) is 5.47. The molecule has 0 bridgehead atoms. The SMILES string of the molecule is CCC(CBr)(CBr)NS(=O)(=O)c1cccc(Cl)c1. The van der Waals surface area contributed by atoms with Crippen molar-refractivity contribution >= 4 is 53.5 Å². The highest BCUT2D eigenvalue weighted by molar-refractivity contribution is 9.09. The van der Waals surface area contributed by atoms with Crippen LogP contribution < -0.4 is 4.72 Å². The molecular weight excluding hydrogens is 405 g/mol. The summed E-state index contributed by atoms with van der Waals surface area (Å²) in [5, 5.41) is 1.46. The van der Waals surface area contributed by atoms with E-state index < -0.39 is 15.6 Å². The lowest BCUT2D eigenvalue weighted by Crippen LogP contribution is -2.50. The number of sulfonamides is 1. The van der Waals surface area contributed by atoms with Crippen LogP contribution in [0.2, 0.25) is 5.02 Å². The first-order valence-corrected chi connectivity index (χ1v) is 9.41. The molecule has 18 heavy (non-hydrogen) atoms. The van der Waals surface area contributed by atoms with Crippen LogP contribution >= 0.6 is 43.5 Å². The summed E-state index contributed by atoms with van der Waals surface area (Å²) in [6.07, 6.45) is 0.670. The normalized spacial score (nSPS) is 12.7. The van der Waals surface area contributed by atoms with Crippen molar-refractivity contribution in [3.05, 3.63) is 29.3 Å². The maximum atomic E-state index is 12.3. The lowest BCUT2D eigenvalue weighted by Gasteiger charge is -2.29. The predicted octanol–water partition coefficient (Wildman–Crippen LogP) is 3.56. The topological polar surface area (TPSA) is 46.2 Å². The number of nitrogens with one attached hydrogen (secondary N) is 1. The van der Waals surface area contributed by atoms with Crippen LogP contribution in [0.3, 0.4) is 0 Å². The highest BCUT2D eigenvalue weighted by Crippen LogP contribution is 2.22. The van der Waals surface area contributed by atoms with Crippen molar-refractivity contribution in [2.45, 2.75) is 23.8 Å². The second-order valence-corrected chi connectivity index (χ2v) is 7.20. The molecule has 0 spiro atoms. The Labute approximate surface area is 130 Å². The Morgan fingerprint density at radius 2 is 1.94 bits per heavy atom. The molecule has 0 aliphatic carbocycles. The minimum atomic E-state index is -3.57. The van der Waals surface area contributed by atoms with Gasteiger partial charge in [0.1, 0.15) is 0 Å².